The third-order valence-electron chi connectivity index (χ3n) is 4.36. The van der Waals surface area contributed by atoms with Crippen LogP contribution < -0.4 is 10.6 Å². The number of amides is 1. The molecule has 104 valence electrons. The van der Waals surface area contributed by atoms with E-state index in [1.165, 1.54) is 32.1 Å². The van der Waals surface area contributed by atoms with Gasteiger partial charge >= 0.3 is 0 Å². The summed E-state index contributed by atoms with van der Waals surface area (Å²) in [7, 11) is 0. The second kappa shape index (κ2) is 7.10. The molecule has 2 fully saturated rings. The molecule has 2 aliphatic rings. The summed E-state index contributed by atoms with van der Waals surface area (Å²) in [4.78, 5) is 14.3. The van der Waals surface area contributed by atoms with Crippen molar-refractivity contribution < 1.29 is 4.79 Å². The molecule has 2 unspecified atom stereocenters. The molecule has 0 spiro atoms. The van der Waals surface area contributed by atoms with Crippen LogP contribution in [0.3, 0.4) is 0 Å². The molecule has 1 aliphatic carbocycles. The first kappa shape index (κ1) is 13.8. The van der Waals surface area contributed by atoms with E-state index in [4.69, 9.17) is 0 Å². The molecule has 2 atom stereocenters. The number of nitrogens with one attached hydrogen (secondary N) is 2. The number of hydrogen-bond donors (Lipinski definition) is 2. The summed E-state index contributed by atoms with van der Waals surface area (Å²) in [5, 5.41) is 6.58. The van der Waals surface area contributed by atoms with Crippen LogP contribution >= 0.6 is 0 Å². The predicted molar refractivity (Wildman–Crippen MR) is 73.5 cm³/mol. The van der Waals surface area contributed by atoms with Crippen molar-refractivity contribution in [1.82, 2.24) is 15.5 Å². The molecule has 2 rings (SSSR count). The van der Waals surface area contributed by atoms with Gasteiger partial charge in [0.15, 0.2) is 0 Å². The van der Waals surface area contributed by atoms with Crippen molar-refractivity contribution >= 4 is 5.91 Å². The molecule has 1 saturated carbocycles. The van der Waals surface area contributed by atoms with E-state index >= 15 is 0 Å². The third kappa shape index (κ3) is 3.95. The summed E-state index contributed by atoms with van der Waals surface area (Å²) in [5.41, 5.74) is 0. The Morgan fingerprint density at radius 3 is 2.72 bits per heavy atom. The number of nitrogens with zero attached hydrogens (tertiary/aromatic N) is 1. The van der Waals surface area contributed by atoms with Crippen LogP contribution in [0.4, 0.5) is 0 Å². The molecular formula is C14H27N3O. The van der Waals surface area contributed by atoms with Gasteiger partial charge < -0.3 is 10.6 Å². The second-order valence-corrected chi connectivity index (χ2v) is 5.65. The van der Waals surface area contributed by atoms with Gasteiger partial charge in [-0.15, -0.1) is 0 Å². The molecule has 18 heavy (non-hydrogen) atoms. The number of hydrogen-bond acceptors (Lipinski definition) is 3. The van der Waals surface area contributed by atoms with Crippen LogP contribution in [0.15, 0.2) is 0 Å². The van der Waals surface area contributed by atoms with Gasteiger partial charge in [0.2, 0.25) is 5.91 Å². The van der Waals surface area contributed by atoms with E-state index in [9.17, 15) is 4.79 Å². The van der Waals surface area contributed by atoms with Gasteiger partial charge in [-0.2, -0.15) is 0 Å². The van der Waals surface area contributed by atoms with E-state index in [-0.39, 0.29) is 5.91 Å². The molecule has 4 nitrogen and oxygen atoms in total. The first-order valence-corrected chi connectivity index (χ1v) is 7.52. The Morgan fingerprint density at radius 2 is 2.00 bits per heavy atom. The Hall–Kier alpha value is -0.610. The average Bonchev–Trinajstić information content (AvgIpc) is 2.40. The lowest BCUT2D eigenvalue weighted by Gasteiger charge is -2.33. The lowest BCUT2D eigenvalue weighted by molar-refractivity contribution is -0.123. The number of carbonyl (C=O) groups is 1. The maximum atomic E-state index is 12.1. The van der Waals surface area contributed by atoms with Crippen LogP contribution in [0.1, 0.15) is 39.0 Å². The van der Waals surface area contributed by atoms with Crippen LogP contribution in [-0.4, -0.2) is 49.6 Å². The second-order valence-electron chi connectivity index (χ2n) is 5.65. The lowest BCUT2D eigenvalue weighted by Crippen LogP contribution is -2.50. The van der Waals surface area contributed by atoms with Crippen molar-refractivity contribution in [2.75, 3.05) is 32.7 Å². The third-order valence-corrected chi connectivity index (χ3v) is 4.36. The Kier molecular flexibility index (Phi) is 5.45. The van der Waals surface area contributed by atoms with E-state index < -0.39 is 0 Å². The van der Waals surface area contributed by atoms with Gasteiger partial charge in [-0.25, -0.2) is 0 Å². The van der Waals surface area contributed by atoms with Crippen molar-refractivity contribution in [2.24, 2.45) is 5.92 Å². The maximum absolute atomic E-state index is 12.1. The molecular weight excluding hydrogens is 226 g/mol. The van der Waals surface area contributed by atoms with Crippen LogP contribution in [-0.2, 0) is 4.79 Å². The Morgan fingerprint density at radius 1 is 1.28 bits per heavy atom. The van der Waals surface area contributed by atoms with E-state index in [0.29, 0.717) is 18.5 Å². The zero-order chi connectivity index (χ0) is 12.8. The normalized spacial score (nSPS) is 30.1. The predicted octanol–water partition coefficient (Wildman–Crippen LogP) is 0.977. The van der Waals surface area contributed by atoms with E-state index in [2.05, 4.69) is 22.5 Å². The minimum absolute atomic E-state index is 0.224. The summed E-state index contributed by atoms with van der Waals surface area (Å²) in [6.07, 6.45) is 6.26. The molecule has 1 aliphatic heterocycles. The first-order valence-electron chi connectivity index (χ1n) is 7.52. The summed E-state index contributed by atoms with van der Waals surface area (Å²) in [6.45, 7) is 6.83. The van der Waals surface area contributed by atoms with Gasteiger partial charge in [0.05, 0.1) is 6.54 Å². The largest absolute Gasteiger partial charge is 0.352 e. The van der Waals surface area contributed by atoms with Crippen molar-refractivity contribution in [1.29, 1.82) is 0 Å². The zero-order valence-corrected chi connectivity index (χ0v) is 11.6. The molecule has 4 heteroatoms. The fourth-order valence-electron chi connectivity index (χ4n) is 3.21. The highest BCUT2D eigenvalue weighted by molar-refractivity contribution is 5.78. The van der Waals surface area contributed by atoms with Crippen LogP contribution in [0.25, 0.3) is 0 Å². The highest BCUT2D eigenvalue weighted by Crippen LogP contribution is 2.26. The minimum atomic E-state index is 0.224. The standard InChI is InChI=1S/C14H27N3O/c1-2-12-5-3-4-6-13(12)16-14(18)11-17-9-7-15-8-10-17/h12-13,15H,2-11H2,1H3,(H,16,18). The van der Waals surface area contributed by atoms with Crippen LogP contribution in [0.5, 0.6) is 0 Å². The molecule has 1 saturated heterocycles. The average molecular weight is 253 g/mol. The summed E-state index contributed by atoms with van der Waals surface area (Å²) in [5.74, 6) is 0.924. The van der Waals surface area contributed by atoms with E-state index in [1.807, 2.05) is 0 Å². The SMILES string of the molecule is CCC1CCCCC1NC(=O)CN1CCNCC1. The first-order chi connectivity index (χ1) is 8.79. The molecule has 0 aromatic rings. The van der Waals surface area contributed by atoms with Gasteiger partial charge in [-0.05, 0) is 18.8 Å². The Balaban J connectivity index is 1.75. The number of carbonyl (C=O) groups excluding carboxylic acids is 1. The van der Waals surface area contributed by atoms with Gasteiger partial charge in [-0.3, -0.25) is 9.69 Å². The molecule has 0 aromatic carbocycles. The molecule has 1 amide bonds. The molecule has 1 heterocycles. The maximum Gasteiger partial charge on any atom is 0.234 e. The summed E-state index contributed by atoms with van der Waals surface area (Å²) < 4.78 is 0. The van der Waals surface area contributed by atoms with E-state index in [0.717, 1.165) is 26.2 Å². The number of piperazine rings is 1. The molecule has 2 N–H and O–H groups in total. The molecule has 0 radical (unpaired) electrons. The summed E-state index contributed by atoms with van der Waals surface area (Å²) >= 11 is 0. The van der Waals surface area contributed by atoms with Crippen molar-refractivity contribution in [2.45, 2.75) is 45.1 Å². The highest BCUT2D eigenvalue weighted by atomic mass is 16.2. The van der Waals surface area contributed by atoms with Crippen LogP contribution in [0.2, 0.25) is 0 Å². The smallest absolute Gasteiger partial charge is 0.234 e. The molecule has 0 aromatic heterocycles. The number of rotatable bonds is 4. The Labute approximate surface area is 110 Å². The van der Waals surface area contributed by atoms with Crippen molar-refractivity contribution in [3.8, 4) is 0 Å². The Bertz CT molecular complexity index is 264. The fourth-order valence-corrected chi connectivity index (χ4v) is 3.21. The van der Waals surface area contributed by atoms with Crippen LogP contribution in [0, 0.1) is 5.92 Å². The quantitative estimate of drug-likeness (QED) is 0.785. The topological polar surface area (TPSA) is 44.4 Å². The van der Waals surface area contributed by atoms with Crippen molar-refractivity contribution in [3.05, 3.63) is 0 Å². The van der Waals surface area contributed by atoms with Gasteiger partial charge in [0, 0.05) is 32.2 Å². The van der Waals surface area contributed by atoms with Gasteiger partial charge in [0.1, 0.15) is 0 Å². The van der Waals surface area contributed by atoms with Gasteiger partial charge in [-0.1, -0.05) is 26.2 Å². The molecule has 0 bridgehead atoms. The minimum Gasteiger partial charge on any atom is -0.352 e. The fraction of sp³-hybridized carbons (Fsp3) is 0.929. The highest BCUT2D eigenvalue weighted by Gasteiger charge is 2.25. The monoisotopic (exact) mass is 253 g/mol. The zero-order valence-electron chi connectivity index (χ0n) is 11.6. The lowest BCUT2D eigenvalue weighted by atomic mass is 9.83. The van der Waals surface area contributed by atoms with Crippen molar-refractivity contribution in [3.63, 3.8) is 0 Å². The van der Waals surface area contributed by atoms with Gasteiger partial charge in [0.25, 0.3) is 0 Å². The summed E-state index contributed by atoms with van der Waals surface area (Å²) in [6, 6.07) is 0.430. The van der Waals surface area contributed by atoms with E-state index in [1.54, 1.807) is 0 Å².